The third-order valence-electron chi connectivity index (χ3n) is 4.92. The van der Waals surface area contributed by atoms with Gasteiger partial charge >= 0.3 is 0 Å². The summed E-state index contributed by atoms with van der Waals surface area (Å²) in [6.45, 7) is 8.10. The van der Waals surface area contributed by atoms with Gasteiger partial charge in [-0.05, 0) is 31.1 Å². The Labute approximate surface area is 110 Å². The molecule has 0 spiro atoms. The maximum absolute atomic E-state index is 12.7. The molecule has 0 aromatic rings. The van der Waals surface area contributed by atoms with Crippen LogP contribution in [0.4, 0.5) is 0 Å². The first-order chi connectivity index (χ1) is 8.59. The van der Waals surface area contributed by atoms with Gasteiger partial charge < -0.3 is 15.4 Å². The van der Waals surface area contributed by atoms with Crippen molar-refractivity contribution < 1.29 is 9.53 Å². The van der Waals surface area contributed by atoms with E-state index in [9.17, 15) is 4.79 Å². The first-order valence-corrected chi connectivity index (χ1v) is 7.16. The summed E-state index contributed by atoms with van der Waals surface area (Å²) in [5.74, 6) is 1.59. The Morgan fingerprint density at radius 1 is 1.33 bits per heavy atom. The van der Waals surface area contributed by atoms with Crippen molar-refractivity contribution in [2.24, 2.45) is 23.0 Å². The molecule has 2 N–H and O–H groups in total. The fourth-order valence-electron chi connectivity index (χ4n) is 3.05. The Morgan fingerprint density at radius 2 is 2.00 bits per heavy atom. The average molecular weight is 254 g/mol. The first kappa shape index (κ1) is 13.8. The van der Waals surface area contributed by atoms with Gasteiger partial charge in [0.2, 0.25) is 5.91 Å². The molecule has 2 unspecified atom stereocenters. The van der Waals surface area contributed by atoms with E-state index in [1.807, 2.05) is 4.90 Å². The summed E-state index contributed by atoms with van der Waals surface area (Å²) in [5, 5.41) is 0. The second kappa shape index (κ2) is 5.57. The summed E-state index contributed by atoms with van der Waals surface area (Å²) < 4.78 is 5.38. The van der Waals surface area contributed by atoms with Gasteiger partial charge in [0, 0.05) is 32.8 Å². The topological polar surface area (TPSA) is 55.6 Å². The number of rotatable bonds is 2. The SMILES string of the molecule is CC1CCN(C(=O)C2(CN)CCOCC2)CC1C. The van der Waals surface area contributed by atoms with Crippen LogP contribution in [0.25, 0.3) is 0 Å². The molecular formula is C14H26N2O2. The van der Waals surface area contributed by atoms with Crippen LogP contribution in [0.2, 0.25) is 0 Å². The standard InChI is InChI=1S/C14H26N2O2/c1-11-3-6-16(9-12(11)2)13(17)14(10-15)4-7-18-8-5-14/h11-12H,3-10,15H2,1-2H3. The Kier molecular flexibility index (Phi) is 4.28. The van der Waals surface area contributed by atoms with Gasteiger partial charge in [0.1, 0.15) is 0 Å². The van der Waals surface area contributed by atoms with Crippen molar-refractivity contribution in [3.63, 3.8) is 0 Å². The number of hydrogen-bond donors (Lipinski definition) is 1. The summed E-state index contributed by atoms with van der Waals surface area (Å²) >= 11 is 0. The van der Waals surface area contributed by atoms with Crippen LogP contribution in [-0.4, -0.2) is 43.7 Å². The number of hydrogen-bond acceptors (Lipinski definition) is 3. The predicted molar refractivity (Wildman–Crippen MR) is 71.1 cm³/mol. The Morgan fingerprint density at radius 3 is 2.56 bits per heavy atom. The van der Waals surface area contributed by atoms with Crippen molar-refractivity contribution >= 4 is 5.91 Å². The molecule has 2 atom stereocenters. The third kappa shape index (κ3) is 2.54. The van der Waals surface area contributed by atoms with E-state index < -0.39 is 0 Å². The first-order valence-electron chi connectivity index (χ1n) is 7.16. The average Bonchev–Trinajstić information content (AvgIpc) is 2.42. The number of likely N-dealkylation sites (tertiary alicyclic amines) is 1. The minimum Gasteiger partial charge on any atom is -0.381 e. The number of nitrogens with two attached hydrogens (primary N) is 1. The van der Waals surface area contributed by atoms with E-state index >= 15 is 0 Å². The Balaban J connectivity index is 2.05. The van der Waals surface area contributed by atoms with E-state index in [2.05, 4.69) is 13.8 Å². The van der Waals surface area contributed by atoms with Gasteiger partial charge in [-0.15, -0.1) is 0 Å². The summed E-state index contributed by atoms with van der Waals surface area (Å²) in [6.07, 6.45) is 2.68. The number of ether oxygens (including phenoxy) is 1. The molecule has 4 heteroatoms. The lowest BCUT2D eigenvalue weighted by Gasteiger charge is -2.43. The molecule has 2 heterocycles. The van der Waals surface area contributed by atoms with Crippen molar-refractivity contribution in [2.45, 2.75) is 33.1 Å². The van der Waals surface area contributed by atoms with Gasteiger partial charge in [-0.3, -0.25) is 4.79 Å². The highest BCUT2D eigenvalue weighted by atomic mass is 16.5. The van der Waals surface area contributed by atoms with Crippen molar-refractivity contribution in [2.75, 3.05) is 32.8 Å². The number of amides is 1. The number of carbonyl (C=O) groups is 1. The van der Waals surface area contributed by atoms with Crippen LogP contribution in [0.3, 0.4) is 0 Å². The lowest BCUT2D eigenvalue weighted by atomic mass is 9.77. The second-order valence-electron chi connectivity index (χ2n) is 6.09. The molecule has 2 fully saturated rings. The zero-order valence-electron chi connectivity index (χ0n) is 11.7. The molecule has 0 bridgehead atoms. The van der Waals surface area contributed by atoms with E-state index in [1.165, 1.54) is 0 Å². The molecule has 0 aromatic heterocycles. The molecule has 0 saturated carbocycles. The van der Waals surface area contributed by atoms with Gasteiger partial charge in [0.15, 0.2) is 0 Å². The van der Waals surface area contributed by atoms with E-state index in [0.717, 1.165) is 38.3 Å². The molecule has 0 radical (unpaired) electrons. The molecule has 0 aliphatic carbocycles. The summed E-state index contributed by atoms with van der Waals surface area (Å²) in [7, 11) is 0. The predicted octanol–water partition coefficient (Wildman–Crippen LogP) is 1.25. The lowest BCUT2D eigenvalue weighted by Crippen LogP contribution is -2.53. The summed E-state index contributed by atoms with van der Waals surface area (Å²) in [6, 6.07) is 0. The van der Waals surface area contributed by atoms with Crippen LogP contribution in [0.1, 0.15) is 33.1 Å². The van der Waals surface area contributed by atoms with E-state index in [4.69, 9.17) is 10.5 Å². The minimum atomic E-state index is -0.349. The van der Waals surface area contributed by atoms with E-state index in [1.54, 1.807) is 0 Å². The van der Waals surface area contributed by atoms with Crippen molar-refractivity contribution in [1.29, 1.82) is 0 Å². The van der Waals surface area contributed by atoms with Crippen LogP contribution in [0.5, 0.6) is 0 Å². The molecule has 2 aliphatic rings. The van der Waals surface area contributed by atoms with Gasteiger partial charge in [-0.25, -0.2) is 0 Å². The van der Waals surface area contributed by atoms with Crippen LogP contribution < -0.4 is 5.73 Å². The smallest absolute Gasteiger partial charge is 0.230 e. The quantitative estimate of drug-likeness (QED) is 0.807. The van der Waals surface area contributed by atoms with Gasteiger partial charge in [-0.2, -0.15) is 0 Å². The van der Waals surface area contributed by atoms with Crippen LogP contribution in [0.15, 0.2) is 0 Å². The van der Waals surface area contributed by atoms with Crippen LogP contribution >= 0.6 is 0 Å². The minimum absolute atomic E-state index is 0.270. The Bertz CT molecular complexity index is 300. The van der Waals surface area contributed by atoms with E-state index in [-0.39, 0.29) is 11.3 Å². The number of carbonyl (C=O) groups excluding carboxylic acids is 1. The van der Waals surface area contributed by atoms with E-state index in [0.29, 0.717) is 25.7 Å². The maximum atomic E-state index is 12.7. The highest BCUT2D eigenvalue weighted by molar-refractivity contribution is 5.83. The molecule has 2 saturated heterocycles. The molecule has 104 valence electrons. The normalized spacial score (nSPS) is 32.3. The zero-order chi connectivity index (χ0) is 13.2. The maximum Gasteiger partial charge on any atom is 0.230 e. The van der Waals surface area contributed by atoms with Crippen molar-refractivity contribution in [1.82, 2.24) is 4.90 Å². The molecule has 2 aliphatic heterocycles. The number of nitrogens with zero attached hydrogens (tertiary/aromatic N) is 1. The highest BCUT2D eigenvalue weighted by Crippen LogP contribution is 2.34. The fraction of sp³-hybridized carbons (Fsp3) is 0.929. The molecular weight excluding hydrogens is 228 g/mol. The van der Waals surface area contributed by atoms with Crippen molar-refractivity contribution in [3.05, 3.63) is 0 Å². The summed E-state index contributed by atoms with van der Waals surface area (Å²) in [5.41, 5.74) is 5.56. The molecule has 0 aromatic carbocycles. The zero-order valence-corrected chi connectivity index (χ0v) is 11.7. The highest BCUT2D eigenvalue weighted by Gasteiger charge is 2.42. The number of piperidine rings is 1. The third-order valence-corrected chi connectivity index (χ3v) is 4.92. The molecule has 4 nitrogen and oxygen atoms in total. The van der Waals surface area contributed by atoms with Gasteiger partial charge in [0.25, 0.3) is 0 Å². The Hall–Kier alpha value is -0.610. The van der Waals surface area contributed by atoms with Crippen LogP contribution in [0, 0.1) is 17.3 Å². The largest absolute Gasteiger partial charge is 0.381 e. The van der Waals surface area contributed by atoms with Crippen LogP contribution in [-0.2, 0) is 9.53 Å². The summed E-state index contributed by atoms with van der Waals surface area (Å²) in [4.78, 5) is 14.8. The monoisotopic (exact) mass is 254 g/mol. The lowest BCUT2D eigenvalue weighted by molar-refractivity contribution is -0.149. The second-order valence-corrected chi connectivity index (χ2v) is 6.09. The van der Waals surface area contributed by atoms with Gasteiger partial charge in [-0.1, -0.05) is 13.8 Å². The molecule has 2 rings (SSSR count). The molecule has 18 heavy (non-hydrogen) atoms. The molecule has 1 amide bonds. The van der Waals surface area contributed by atoms with Gasteiger partial charge in [0.05, 0.1) is 5.41 Å². The fourth-order valence-corrected chi connectivity index (χ4v) is 3.05. The van der Waals surface area contributed by atoms with Crippen molar-refractivity contribution in [3.8, 4) is 0 Å².